The molecule has 112 valence electrons. The van der Waals surface area contributed by atoms with Crippen LogP contribution in [0.25, 0.3) is 0 Å². The Labute approximate surface area is 125 Å². The summed E-state index contributed by atoms with van der Waals surface area (Å²) in [6.45, 7) is 7.99. The van der Waals surface area contributed by atoms with Crippen LogP contribution in [0.1, 0.15) is 49.8 Å². The van der Waals surface area contributed by atoms with Gasteiger partial charge in [-0.15, -0.1) is 0 Å². The lowest BCUT2D eigenvalue weighted by molar-refractivity contribution is 0.0292. The first-order chi connectivity index (χ1) is 9.94. The van der Waals surface area contributed by atoms with Gasteiger partial charge in [-0.05, 0) is 38.3 Å². The molecular formula is C17H22N2O2. The molecule has 1 unspecified atom stereocenters. The van der Waals surface area contributed by atoms with Crippen LogP contribution in [0.5, 0.6) is 0 Å². The van der Waals surface area contributed by atoms with Crippen molar-refractivity contribution < 1.29 is 9.53 Å². The van der Waals surface area contributed by atoms with Crippen molar-refractivity contribution in [2.24, 2.45) is 4.99 Å². The maximum Gasteiger partial charge on any atom is 0.410 e. The van der Waals surface area contributed by atoms with Gasteiger partial charge in [0, 0.05) is 30.8 Å². The summed E-state index contributed by atoms with van der Waals surface area (Å²) >= 11 is 0. The van der Waals surface area contributed by atoms with Crippen LogP contribution in [0.4, 0.5) is 4.79 Å². The van der Waals surface area contributed by atoms with E-state index < -0.39 is 5.60 Å². The van der Waals surface area contributed by atoms with Gasteiger partial charge in [0.25, 0.3) is 0 Å². The Bertz CT molecular complexity index is 587. The molecule has 0 N–H and O–H groups in total. The number of nitrogens with zero attached hydrogens (tertiary/aromatic N) is 2. The largest absolute Gasteiger partial charge is 0.444 e. The molecular weight excluding hydrogens is 264 g/mol. The molecule has 0 spiro atoms. The summed E-state index contributed by atoms with van der Waals surface area (Å²) in [5.41, 5.74) is 3.44. The number of benzene rings is 1. The van der Waals surface area contributed by atoms with Gasteiger partial charge in [0.05, 0.1) is 6.54 Å². The normalized spacial score (nSPS) is 20.7. The van der Waals surface area contributed by atoms with Gasteiger partial charge in [0.2, 0.25) is 0 Å². The van der Waals surface area contributed by atoms with Crippen molar-refractivity contribution in [1.29, 1.82) is 0 Å². The molecule has 1 amide bonds. The SMILES string of the molecule is CC(C)(C)OC(=O)N1CCC(c2cccc3c2C=NC3)C1. The maximum absolute atomic E-state index is 12.1. The zero-order valence-electron chi connectivity index (χ0n) is 12.9. The molecule has 0 aliphatic carbocycles. The van der Waals surface area contributed by atoms with Crippen molar-refractivity contribution in [2.45, 2.75) is 45.3 Å². The average molecular weight is 286 g/mol. The second-order valence-corrected chi connectivity index (χ2v) is 6.80. The van der Waals surface area contributed by atoms with E-state index in [1.807, 2.05) is 31.9 Å². The minimum atomic E-state index is -0.435. The van der Waals surface area contributed by atoms with Gasteiger partial charge < -0.3 is 9.64 Å². The first kappa shape index (κ1) is 14.1. The lowest BCUT2D eigenvalue weighted by Gasteiger charge is -2.24. The molecule has 2 heterocycles. The molecule has 4 heteroatoms. The Morgan fingerprint density at radius 2 is 2.19 bits per heavy atom. The van der Waals surface area contributed by atoms with Crippen LogP contribution in [-0.2, 0) is 11.3 Å². The van der Waals surface area contributed by atoms with Gasteiger partial charge in [0.15, 0.2) is 0 Å². The van der Waals surface area contributed by atoms with E-state index in [-0.39, 0.29) is 6.09 Å². The zero-order valence-corrected chi connectivity index (χ0v) is 12.9. The minimum Gasteiger partial charge on any atom is -0.444 e. The van der Waals surface area contributed by atoms with E-state index in [0.29, 0.717) is 5.92 Å². The number of carbonyl (C=O) groups is 1. The number of likely N-dealkylation sites (tertiary alicyclic amines) is 1. The molecule has 2 aliphatic heterocycles. The highest BCUT2D eigenvalue weighted by atomic mass is 16.6. The van der Waals surface area contributed by atoms with E-state index >= 15 is 0 Å². The Hall–Kier alpha value is -1.84. The van der Waals surface area contributed by atoms with Crippen molar-refractivity contribution in [1.82, 2.24) is 4.90 Å². The fourth-order valence-corrected chi connectivity index (χ4v) is 3.03. The first-order valence-electron chi connectivity index (χ1n) is 7.53. The first-order valence-corrected chi connectivity index (χ1v) is 7.53. The number of carbonyl (C=O) groups excluding carboxylic acids is 1. The van der Waals surface area contributed by atoms with Gasteiger partial charge >= 0.3 is 6.09 Å². The third-order valence-corrected chi connectivity index (χ3v) is 3.99. The van der Waals surface area contributed by atoms with Crippen LogP contribution in [0.3, 0.4) is 0 Å². The van der Waals surface area contributed by atoms with Crippen molar-refractivity contribution in [3.05, 3.63) is 34.9 Å². The molecule has 21 heavy (non-hydrogen) atoms. The highest BCUT2D eigenvalue weighted by Gasteiger charge is 2.31. The van der Waals surface area contributed by atoms with Gasteiger partial charge in [-0.25, -0.2) is 4.79 Å². The number of ether oxygens (including phenoxy) is 1. The Morgan fingerprint density at radius 3 is 2.95 bits per heavy atom. The number of rotatable bonds is 1. The minimum absolute atomic E-state index is 0.203. The van der Waals surface area contributed by atoms with Crippen molar-refractivity contribution in [2.75, 3.05) is 13.1 Å². The second-order valence-electron chi connectivity index (χ2n) is 6.80. The van der Waals surface area contributed by atoms with Crippen LogP contribution in [0, 0.1) is 0 Å². The molecule has 1 atom stereocenters. The van der Waals surface area contributed by atoms with E-state index in [4.69, 9.17) is 4.74 Å². The van der Waals surface area contributed by atoms with Crippen LogP contribution in [0.15, 0.2) is 23.2 Å². The average Bonchev–Trinajstić information content (AvgIpc) is 3.05. The molecule has 4 nitrogen and oxygen atoms in total. The summed E-state index contributed by atoms with van der Waals surface area (Å²) in [4.78, 5) is 18.3. The maximum atomic E-state index is 12.1. The number of aliphatic imine (C=N–C) groups is 1. The smallest absolute Gasteiger partial charge is 0.410 e. The van der Waals surface area contributed by atoms with E-state index in [1.165, 1.54) is 16.7 Å². The van der Waals surface area contributed by atoms with Gasteiger partial charge in [0.1, 0.15) is 5.60 Å². The van der Waals surface area contributed by atoms with Crippen LogP contribution < -0.4 is 0 Å². The summed E-state index contributed by atoms with van der Waals surface area (Å²) in [6, 6.07) is 6.39. The predicted octanol–water partition coefficient (Wildman–Crippen LogP) is 3.34. The van der Waals surface area contributed by atoms with Gasteiger partial charge in [-0.3, -0.25) is 4.99 Å². The standard InChI is InChI=1S/C17H22N2O2/c1-17(2,3)21-16(20)19-8-7-13(11-19)14-6-4-5-12-9-18-10-15(12)14/h4-6,10,13H,7-9,11H2,1-3H3. The van der Waals surface area contributed by atoms with Crippen LogP contribution in [-0.4, -0.2) is 35.9 Å². The number of amides is 1. The van der Waals surface area contributed by atoms with E-state index in [0.717, 1.165) is 26.1 Å². The number of fused-ring (bicyclic) bond motifs is 1. The van der Waals surface area contributed by atoms with Crippen LogP contribution >= 0.6 is 0 Å². The molecule has 0 aromatic heterocycles. The third-order valence-electron chi connectivity index (χ3n) is 3.99. The fourth-order valence-electron chi connectivity index (χ4n) is 3.03. The molecule has 2 aliphatic rings. The third kappa shape index (κ3) is 2.94. The van der Waals surface area contributed by atoms with E-state index in [9.17, 15) is 4.79 Å². The van der Waals surface area contributed by atoms with Crippen molar-refractivity contribution in [3.8, 4) is 0 Å². The van der Waals surface area contributed by atoms with Crippen molar-refractivity contribution in [3.63, 3.8) is 0 Å². The second kappa shape index (κ2) is 5.17. The highest BCUT2D eigenvalue weighted by molar-refractivity contribution is 5.86. The Morgan fingerprint density at radius 1 is 1.38 bits per heavy atom. The topological polar surface area (TPSA) is 41.9 Å². The lowest BCUT2D eigenvalue weighted by Crippen LogP contribution is -2.35. The van der Waals surface area contributed by atoms with Gasteiger partial charge in [-0.1, -0.05) is 18.2 Å². The molecule has 3 rings (SSSR count). The predicted molar refractivity (Wildman–Crippen MR) is 82.9 cm³/mol. The summed E-state index contributed by atoms with van der Waals surface area (Å²) in [6.07, 6.45) is 2.76. The quantitative estimate of drug-likeness (QED) is 0.794. The molecule has 0 bridgehead atoms. The number of hydrogen-bond acceptors (Lipinski definition) is 3. The summed E-state index contributed by atoms with van der Waals surface area (Å²) < 4.78 is 5.46. The van der Waals surface area contributed by atoms with E-state index in [1.54, 1.807) is 0 Å². The van der Waals surface area contributed by atoms with Crippen LogP contribution in [0.2, 0.25) is 0 Å². The number of hydrogen-bond donors (Lipinski definition) is 0. The van der Waals surface area contributed by atoms with Gasteiger partial charge in [-0.2, -0.15) is 0 Å². The summed E-state index contributed by atoms with van der Waals surface area (Å²) in [7, 11) is 0. The molecule has 1 saturated heterocycles. The molecule has 0 radical (unpaired) electrons. The van der Waals surface area contributed by atoms with Crippen molar-refractivity contribution >= 4 is 12.3 Å². The molecule has 1 aromatic carbocycles. The van der Waals surface area contributed by atoms with E-state index in [2.05, 4.69) is 23.2 Å². The fraction of sp³-hybridized carbons (Fsp3) is 0.529. The Balaban J connectivity index is 1.72. The molecule has 1 aromatic rings. The Kier molecular flexibility index (Phi) is 3.47. The monoisotopic (exact) mass is 286 g/mol. The molecule has 1 fully saturated rings. The molecule has 0 saturated carbocycles. The zero-order chi connectivity index (χ0) is 15.0. The summed E-state index contributed by atoms with van der Waals surface area (Å²) in [5.74, 6) is 0.386. The lowest BCUT2D eigenvalue weighted by atomic mass is 9.92. The summed E-state index contributed by atoms with van der Waals surface area (Å²) in [5, 5.41) is 0. The highest BCUT2D eigenvalue weighted by Crippen LogP contribution is 2.32.